The van der Waals surface area contributed by atoms with Gasteiger partial charge in [0.1, 0.15) is 17.0 Å². The third-order valence-electron chi connectivity index (χ3n) is 4.80. The molecule has 0 bridgehead atoms. The highest BCUT2D eigenvalue weighted by atomic mass is 16.7. The van der Waals surface area contributed by atoms with Gasteiger partial charge in [0, 0.05) is 0 Å². The lowest BCUT2D eigenvalue weighted by atomic mass is 9.82. The fourth-order valence-corrected chi connectivity index (χ4v) is 3.67. The van der Waals surface area contributed by atoms with Crippen molar-refractivity contribution in [1.29, 1.82) is 0 Å². The molecule has 0 aromatic heterocycles. The number of esters is 1. The first-order chi connectivity index (χ1) is 10.8. The molecule has 4 nitrogen and oxygen atoms in total. The highest BCUT2D eigenvalue weighted by molar-refractivity contribution is 5.86. The van der Waals surface area contributed by atoms with E-state index in [4.69, 9.17) is 14.2 Å². The van der Waals surface area contributed by atoms with Gasteiger partial charge < -0.3 is 14.2 Å². The number of methoxy groups -OCH3 is 1. The van der Waals surface area contributed by atoms with Gasteiger partial charge in [-0.2, -0.15) is 0 Å². The molecule has 1 aliphatic carbocycles. The second kappa shape index (κ2) is 5.52. The number of carbonyl (C=O) groups is 1. The van der Waals surface area contributed by atoms with Gasteiger partial charge in [0.05, 0.1) is 7.11 Å². The summed E-state index contributed by atoms with van der Waals surface area (Å²) in [6.45, 7) is 5.70. The van der Waals surface area contributed by atoms with E-state index in [0.717, 1.165) is 43.4 Å². The molecule has 2 aliphatic rings. The van der Waals surface area contributed by atoms with Crippen molar-refractivity contribution < 1.29 is 19.0 Å². The highest BCUT2D eigenvalue weighted by Gasteiger charge is 2.76. The van der Waals surface area contributed by atoms with E-state index >= 15 is 0 Å². The van der Waals surface area contributed by atoms with Crippen molar-refractivity contribution in [2.45, 2.75) is 69.7 Å². The van der Waals surface area contributed by atoms with E-state index in [1.165, 1.54) is 0 Å². The Morgan fingerprint density at radius 1 is 1.09 bits per heavy atom. The van der Waals surface area contributed by atoms with Gasteiger partial charge in [-0.25, -0.2) is 4.79 Å². The molecular weight excluding hydrogens is 292 g/mol. The zero-order valence-corrected chi connectivity index (χ0v) is 14.5. The van der Waals surface area contributed by atoms with Crippen LogP contribution in [0.1, 0.15) is 58.4 Å². The summed E-state index contributed by atoms with van der Waals surface area (Å²) in [6.07, 6.45) is 4.78. The smallest absolute Gasteiger partial charge is 0.342 e. The normalized spacial score (nSPS) is 30.1. The first kappa shape index (κ1) is 16.3. The third-order valence-corrected chi connectivity index (χ3v) is 4.80. The summed E-state index contributed by atoms with van der Waals surface area (Å²) in [6, 6.07) is 7.87. The predicted molar refractivity (Wildman–Crippen MR) is 87.4 cm³/mol. The number of carbonyl (C=O) groups excluding carboxylic acids is 1. The summed E-state index contributed by atoms with van der Waals surface area (Å²) >= 11 is 0. The van der Waals surface area contributed by atoms with Crippen LogP contribution in [0.3, 0.4) is 0 Å². The molecule has 1 saturated heterocycles. The minimum Gasteiger partial charge on any atom is -0.497 e. The maximum atomic E-state index is 12.9. The average Bonchev–Trinajstić information content (AvgIpc) is 3.17. The van der Waals surface area contributed by atoms with Gasteiger partial charge in [0.2, 0.25) is 0 Å². The van der Waals surface area contributed by atoms with Crippen LogP contribution in [-0.2, 0) is 19.9 Å². The van der Waals surface area contributed by atoms with E-state index in [1.54, 1.807) is 7.11 Å². The Bertz CT molecular complexity index is 586. The third kappa shape index (κ3) is 2.74. The van der Waals surface area contributed by atoms with Crippen molar-refractivity contribution in [2.24, 2.45) is 0 Å². The molecule has 4 heteroatoms. The Morgan fingerprint density at radius 3 is 2.35 bits per heavy atom. The van der Waals surface area contributed by atoms with E-state index in [9.17, 15) is 4.79 Å². The monoisotopic (exact) mass is 318 g/mol. The van der Waals surface area contributed by atoms with E-state index in [-0.39, 0.29) is 5.97 Å². The number of rotatable bonds is 3. The Morgan fingerprint density at radius 2 is 1.74 bits per heavy atom. The first-order valence-electron chi connectivity index (χ1n) is 8.41. The molecule has 0 N–H and O–H groups in total. The van der Waals surface area contributed by atoms with Gasteiger partial charge in [-0.15, -0.1) is 0 Å². The largest absolute Gasteiger partial charge is 0.497 e. The fourth-order valence-electron chi connectivity index (χ4n) is 3.67. The molecule has 1 aromatic carbocycles. The number of hydrogen-bond donors (Lipinski definition) is 0. The van der Waals surface area contributed by atoms with E-state index in [2.05, 4.69) is 0 Å². The topological polar surface area (TPSA) is 48.1 Å². The molecule has 23 heavy (non-hydrogen) atoms. The summed E-state index contributed by atoms with van der Waals surface area (Å²) < 4.78 is 17.1. The summed E-state index contributed by atoms with van der Waals surface area (Å²) in [4.78, 5) is 12.9. The maximum absolute atomic E-state index is 12.9. The number of fused-ring (bicyclic) bond motifs is 1. The van der Waals surface area contributed by atoms with Gasteiger partial charge in [-0.1, -0.05) is 25.0 Å². The standard InChI is InChI=1S/C19H26O4/c1-17(2,3)22-16(20)19-13-7-5-6-12-18(19,23-19)14-8-10-15(21-4)11-9-14/h8-11H,5-7,12-13H2,1-4H3. The van der Waals surface area contributed by atoms with Crippen LogP contribution in [0, 0.1) is 0 Å². The van der Waals surface area contributed by atoms with E-state index < -0.39 is 16.8 Å². The summed E-state index contributed by atoms with van der Waals surface area (Å²) in [5, 5.41) is 0. The first-order valence-corrected chi connectivity index (χ1v) is 8.41. The van der Waals surface area contributed by atoms with Crippen LogP contribution < -0.4 is 4.74 Å². The SMILES string of the molecule is COc1ccc(C23CCCCCC2(C(=O)OC(C)(C)C)O3)cc1. The minimum absolute atomic E-state index is 0.220. The second-order valence-corrected chi connectivity index (χ2v) is 7.55. The molecule has 1 saturated carbocycles. The van der Waals surface area contributed by atoms with Crippen LogP contribution in [0.4, 0.5) is 0 Å². The van der Waals surface area contributed by atoms with E-state index in [1.807, 2.05) is 45.0 Å². The van der Waals surface area contributed by atoms with Crippen LogP contribution in [0.5, 0.6) is 5.75 Å². The Labute approximate surface area is 138 Å². The van der Waals surface area contributed by atoms with Crippen LogP contribution >= 0.6 is 0 Å². The summed E-state index contributed by atoms with van der Waals surface area (Å²) in [5.74, 6) is 0.588. The summed E-state index contributed by atoms with van der Waals surface area (Å²) in [5.41, 5.74) is -0.801. The van der Waals surface area contributed by atoms with Crippen molar-refractivity contribution in [3.05, 3.63) is 29.8 Å². The Balaban J connectivity index is 1.93. The molecule has 0 radical (unpaired) electrons. The number of benzene rings is 1. The van der Waals surface area contributed by atoms with Crippen LogP contribution in [0.25, 0.3) is 0 Å². The van der Waals surface area contributed by atoms with Crippen molar-refractivity contribution in [2.75, 3.05) is 7.11 Å². The van der Waals surface area contributed by atoms with Crippen molar-refractivity contribution >= 4 is 5.97 Å². The average molecular weight is 318 g/mol. The molecule has 2 fully saturated rings. The van der Waals surface area contributed by atoms with Gasteiger partial charge in [0.25, 0.3) is 0 Å². The fraction of sp³-hybridized carbons (Fsp3) is 0.632. The van der Waals surface area contributed by atoms with Gasteiger partial charge in [-0.3, -0.25) is 0 Å². The molecule has 1 aliphatic heterocycles. The van der Waals surface area contributed by atoms with Crippen LogP contribution in [-0.4, -0.2) is 24.3 Å². The van der Waals surface area contributed by atoms with Crippen LogP contribution in [0.15, 0.2) is 24.3 Å². The minimum atomic E-state index is -0.814. The Hall–Kier alpha value is -1.55. The Kier molecular flexibility index (Phi) is 3.91. The highest BCUT2D eigenvalue weighted by Crippen LogP contribution is 2.63. The number of epoxide rings is 1. The molecule has 1 heterocycles. The van der Waals surface area contributed by atoms with Crippen LogP contribution in [0.2, 0.25) is 0 Å². The van der Waals surface area contributed by atoms with Gasteiger partial charge in [-0.05, 0) is 57.7 Å². The summed E-state index contributed by atoms with van der Waals surface area (Å²) in [7, 11) is 1.65. The predicted octanol–water partition coefficient (Wildman–Crippen LogP) is 3.97. The lowest BCUT2D eigenvalue weighted by Crippen LogP contribution is -2.38. The molecule has 2 unspecified atom stereocenters. The quantitative estimate of drug-likeness (QED) is 0.625. The zero-order chi connectivity index (χ0) is 16.7. The lowest BCUT2D eigenvalue weighted by molar-refractivity contribution is -0.162. The number of hydrogen-bond acceptors (Lipinski definition) is 4. The molecule has 1 aromatic rings. The molecule has 0 spiro atoms. The lowest BCUT2D eigenvalue weighted by Gasteiger charge is -2.24. The van der Waals surface area contributed by atoms with Crippen molar-refractivity contribution in [3.63, 3.8) is 0 Å². The maximum Gasteiger partial charge on any atom is 0.342 e. The number of ether oxygens (including phenoxy) is 3. The molecular formula is C19H26O4. The van der Waals surface area contributed by atoms with Gasteiger partial charge in [0.15, 0.2) is 5.60 Å². The molecule has 0 amide bonds. The van der Waals surface area contributed by atoms with Crippen molar-refractivity contribution in [1.82, 2.24) is 0 Å². The van der Waals surface area contributed by atoms with Gasteiger partial charge >= 0.3 is 5.97 Å². The zero-order valence-electron chi connectivity index (χ0n) is 14.5. The van der Waals surface area contributed by atoms with E-state index in [0.29, 0.717) is 0 Å². The van der Waals surface area contributed by atoms with Crippen molar-refractivity contribution in [3.8, 4) is 5.75 Å². The molecule has 126 valence electrons. The second-order valence-electron chi connectivity index (χ2n) is 7.55. The molecule has 3 rings (SSSR count). The molecule has 2 atom stereocenters.